The van der Waals surface area contributed by atoms with Crippen molar-refractivity contribution < 1.29 is 9.59 Å². The minimum atomic E-state index is -0.681. The zero-order chi connectivity index (χ0) is 17.9. The molecule has 1 saturated carbocycles. The Hall–Kier alpha value is -1.95. The lowest BCUT2D eigenvalue weighted by Gasteiger charge is -2.39. The molecule has 2 amide bonds. The lowest BCUT2D eigenvalue weighted by Crippen LogP contribution is -2.58. The third kappa shape index (κ3) is 4.18. The number of nitrogens with zero attached hydrogens (tertiary/aromatic N) is 2. The highest BCUT2D eigenvalue weighted by molar-refractivity contribution is 5.92. The first kappa shape index (κ1) is 17.9. The molecular formula is C19H28N4O2. The van der Waals surface area contributed by atoms with Crippen molar-refractivity contribution in [2.45, 2.75) is 57.4 Å². The molecule has 25 heavy (non-hydrogen) atoms. The van der Waals surface area contributed by atoms with Gasteiger partial charge in [-0.05, 0) is 44.2 Å². The minimum absolute atomic E-state index is 0.0106. The van der Waals surface area contributed by atoms with Gasteiger partial charge in [-0.3, -0.25) is 9.59 Å². The Labute approximate surface area is 149 Å². The fourth-order valence-corrected chi connectivity index (χ4v) is 3.83. The summed E-state index contributed by atoms with van der Waals surface area (Å²) in [7, 11) is 0. The van der Waals surface area contributed by atoms with Gasteiger partial charge in [0.15, 0.2) is 0 Å². The molecule has 1 aromatic rings. The van der Waals surface area contributed by atoms with E-state index in [9.17, 15) is 9.59 Å². The number of aryl methyl sites for hydroxylation is 1. The van der Waals surface area contributed by atoms with Gasteiger partial charge in [0.1, 0.15) is 5.82 Å². The monoisotopic (exact) mass is 344 g/mol. The lowest BCUT2D eigenvalue weighted by atomic mass is 9.81. The number of anilines is 1. The van der Waals surface area contributed by atoms with Gasteiger partial charge in [-0.1, -0.05) is 25.3 Å². The maximum atomic E-state index is 12.8. The second kappa shape index (κ2) is 7.52. The van der Waals surface area contributed by atoms with E-state index in [-0.39, 0.29) is 17.7 Å². The largest absolute Gasteiger partial charge is 0.341 e. The van der Waals surface area contributed by atoms with Crippen LogP contribution in [-0.2, 0) is 9.59 Å². The second-order valence-electron chi connectivity index (χ2n) is 7.49. The van der Waals surface area contributed by atoms with Crippen LogP contribution in [-0.4, -0.2) is 40.3 Å². The zero-order valence-electron chi connectivity index (χ0n) is 15.0. The summed E-state index contributed by atoms with van der Waals surface area (Å²) in [5.41, 5.74) is 6.74. The zero-order valence-corrected chi connectivity index (χ0v) is 15.0. The quantitative estimate of drug-likeness (QED) is 0.880. The fraction of sp³-hybridized carbons (Fsp3) is 0.632. The molecular weight excluding hydrogens is 316 g/mol. The fourth-order valence-electron chi connectivity index (χ4n) is 3.83. The molecule has 1 saturated heterocycles. The molecule has 1 aliphatic carbocycles. The Balaban J connectivity index is 1.51. The first-order valence-electron chi connectivity index (χ1n) is 9.30. The Morgan fingerprint density at radius 2 is 1.88 bits per heavy atom. The van der Waals surface area contributed by atoms with Crippen LogP contribution in [0, 0.1) is 12.8 Å². The molecule has 0 aromatic carbocycles. The smallest absolute Gasteiger partial charge is 0.242 e. The van der Waals surface area contributed by atoms with Crippen molar-refractivity contribution in [3.8, 4) is 0 Å². The molecule has 1 aromatic heterocycles. The second-order valence-corrected chi connectivity index (χ2v) is 7.49. The summed E-state index contributed by atoms with van der Waals surface area (Å²) in [5.74, 6) is 0.569. The van der Waals surface area contributed by atoms with E-state index in [1.54, 1.807) is 6.20 Å². The number of hydrogen-bond acceptors (Lipinski definition) is 4. The number of amides is 2. The van der Waals surface area contributed by atoms with E-state index in [0.29, 0.717) is 31.7 Å². The van der Waals surface area contributed by atoms with E-state index in [1.807, 2.05) is 24.0 Å². The number of nitrogens with two attached hydrogens (primary N) is 1. The molecule has 6 heteroatoms. The van der Waals surface area contributed by atoms with E-state index in [1.165, 1.54) is 6.42 Å². The number of carbonyl (C=O) groups is 2. The van der Waals surface area contributed by atoms with Crippen molar-refractivity contribution in [3.63, 3.8) is 0 Å². The molecule has 2 heterocycles. The summed E-state index contributed by atoms with van der Waals surface area (Å²) < 4.78 is 0. The van der Waals surface area contributed by atoms with Crippen molar-refractivity contribution in [2.24, 2.45) is 11.7 Å². The Kier molecular flexibility index (Phi) is 5.37. The summed E-state index contributed by atoms with van der Waals surface area (Å²) >= 11 is 0. The normalized spacial score (nSPS) is 21.0. The highest BCUT2D eigenvalue weighted by Gasteiger charge is 2.39. The average Bonchev–Trinajstić information content (AvgIpc) is 2.64. The Morgan fingerprint density at radius 1 is 1.20 bits per heavy atom. The molecule has 2 aliphatic rings. The lowest BCUT2D eigenvalue weighted by molar-refractivity contribution is -0.140. The molecule has 3 N–H and O–H groups in total. The SMILES string of the molecule is Cc1ccc(NC(=O)C2CCN(C(=O)C3(N)CCCCC3)CC2)nc1. The standard InChI is InChI=1S/C19H28N4O2/c1-14-5-6-16(21-13-14)22-17(24)15-7-11-23(12-8-15)18(25)19(20)9-3-2-4-10-19/h5-6,13,15H,2-4,7-12,20H2,1H3,(H,21,22,24). The molecule has 3 rings (SSSR count). The van der Waals surface area contributed by atoms with Crippen LogP contribution in [0.15, 0.2) is 18.3 Å². The van der Waals surface area contributed by atoms with Gasteiger partial charge in [-0.25, -0.2) is 4.98 Å². The minimum Gasteiger partial charge on any atom is -0.341 e. The predicted octanol–water partition coefficient (Wildman–Crippen LogP) is 2.23. The topological polar surface area (TPSA) is 88.3 Å². The molecule has 1 aliphatic heterocycles. The van der Waals surface area contributed by atoms with Crippen LogP contribution in [0.4, 0.5) is 5.82 Å². The number of nitrogens with one attached hydrogen (secondary N) is 1. The summed E-state index contributed by atoms with van der Waals surface area (Å²) in [6, 6.07) is 3.74. The van der Waals surface area contributed by atoms with Gasteiger partial charge >= 0.3 is 0 Å². The summed E-state index contributed by atoms with van der Waals surface area (Å²) in [6.07, 6.45) is 7.90. The van der Waals surface area contributed by atoms with Gasteiger partial charge in [0.2, 0.25) is 11.8 Å². The molecule has 2 fully saturated rings. The Bertz CT molecular complexity index is 615. The number of likely N-dealkylation sites (tertiary alicyclic amines) is 1. The van der Waals surface area contributed by atoms with E-state index in [4.69, 9.17) is 5.73 Å². The van der Waals surface area contributed by atoms with Crippen molar-refractivity contribution in [2.75, 3.05) is 18.4 Å². The highest BCUT2D eigenvalue weighted by atomic mass is 16.2. The van der Waals surface area contributed by atoms with Crippen molar-refractivity contribution >= 4 is 17.6 Å². The number of rotatable bonds is 3. The van der Waals surface area contributed by atoms with Crippen LogP contribution >= 0.6 is 0 Å². The van der Waals surface area contributed by atoms with Crippen LogP contribution in [0.3, 0.4) is 0 Å². The van der Waals surface area contributed by atoms with E-state index in [2.05, 4.69) is 10.3 Å². The van der Waals surface area contributed by atoms with Crippen LogP contribution in [0.5, 0.6) is 0 Å². The van der Waals surface area contributed by atoms with Crippen molar-refractivity contribution in [1.82, 2.24) is 9.88 Å². The van der Waals surface area contributed by atoms with Gasteiger partial charge in [0, 0.05) is 25.2 Å². The third-order valence-corrected chi connectivity index (χ3v) is 5.49. The van der Waals surface area contributed by atoms with Crippen LogP contribution in [0.1, 0.15) is 50.5 Å². The molecule has 0 bridgehead atoms. The number of carbonyl (C=O) groups excluding carboxylic acids is 2. The summed E-state index contributed by atoms with van der Waals surface area (Å²) in [4.78, 5) is 31.3. The van der Waals surface area contributed by atoms with E-state index < -0.39 is 5.54 Å². The molecule has 6 nitrogen and oxygen atoms in total. The first-order valence-corrected chi connectivity index (χ1v) is 9.30. The van der Waals surface area contributed by atoms with Gasteiger partial charge in [0.25, 0.3) is 0 Å². The molecule has 0 unspecified atom stereocenters. The van der Waals surface area contributed by atoms with E-state index >= 15 is 0 Å². The van der Waals surface area contributed by atoms with Crippen LogP contribution in [0.25, 0.3) is 0 Å². The summed E-state index contributed by atoms with van der Waals surface area (Å²) in [6.45, 7) is 3.18. The number of aromatic nitrogens is 1. The number of pyridine rings is 1. The van der Waals surface area contributed by atoms with Crippen molar-refractivity contribution in [3.05, 3.63) is 23.9 Å². The van der Waals surface area contributed by atoms with Crippen LogP contribution in [0.2, 0.25) is 0 Å². The molecule has 0 radical (unpaired) electrons. The molecule has 136 valence electrons. The number of piperidine rings is 1. The average molecular weight is 344 g/mol. The predicted molar refractivity (Wildman–Crippen MR) is 96.9 cm³/mol. The van der Waals surface area contributed by atoms with Crippen molar-refractivity contribution in [1.29, 1.82) is 0 Å². The third-order valence-electron chi connectivity index (χ3n) is 5.49. The summed E-state index contributed by atoms with van der Waals surface area (Å²) in [5, 5.41) is 2.88. The maximum Gasteiger partial charge on any atom is 0.242 e. The van der Waals surface area contributed by atoms with Gasteiger partial charge in [-0.15, -0.1) is 0 Å². The molecule has 0 spiro atoms. The maximum absolute atomic E-state index is 12.8. The van der Waals surface area contributed by atoms with E-state index in [0.717, 1.165) is 31.2 Å². The Morgan fingerprint density at radius 3 is 2.48 bits per heavy atom. The molecule has 0 atom stereocenters. The van der Waals surface area contributed by atoms with Crippen LogP contribution < -0.4 is 11.1 Å². The van der Waals surface area contributed by atoms with Gasteiger partial charge in [-0.2, -0.15) is 0 Å². The first-order chi connectivity index (χ1) is 12.0. The van der Waals surface area contributed by atoms with Gasteiger partial charge in [0.05, 0.1) is 5.54 Å². The number of hydrogen-bond donors (Lipinski definition) is 2. The highest BCUT2D eigenvalue weighted by Crippen LogP contribution is 2.29. The van der Waals surface area contributed by atoms with Gasteiger partial charge < -0.3 is 16.0 Å².